The normalized spacial score (nSPS) is 12.2. The summed E-state index contributed by atoms with van der Waals surface area (Å²) in [4.78, 5) is 0. The minimum Gasteiger partial charge on any atom is -0.327 e. The summed E-state index contributed by atoms with van der Waals surface area (Å²) >= 11 is 3.53. The third kappa shape index (κ3) is 2.25. The summed E-state index contributed by atoms with van der Waals surface area (Å²) in [5, 5.41) is 4.40. The van der Waals surface area contributed by atoms with E-state index in [-0.39, 0.29) is 0 Å². The van der Waals surface area contributed by atoms with Gasteiger partial charge in [0.05, 0.1) is 15.9 Å². The topological polar surface area (TPSA) is 43.8 Å². The van der Waals surface area contributed by atoms with Crippen LogP contribution in [0, 0.1) is 6.92 Å². The standard InChI is InChI=1S/C10H16BrN3/c1-4-14-9(5-7(2)6-12)10(11)8(3)13-14/h5H,4,6,12H2,1-3H3/b7-5-. The molecule has 0 unspecified atom stereocenters. The number of halogens is 1. The highest BCUT2D eigenvalue weighted by molar-refractivity contribution is 9.10. The van der Waals surface area contributed by atoms with E-state index >= 15 is 0 Å². The summed E-state index contributed by atoms with van der Waals surface area (Å²) in [6.45, 7) is 7.55. The van der Waals surface area contributed by atoms with Crippen molar-refractivity contribution in [1.82, 2.24) is 9.78 Å². The Balaban J connectivity index is 3.18. The van der Waals surface area contributed by atoms with Gasteiger partial charge in [-0.2, -0.15) is 5.10 Å². The Labute approximate surface area is 93.1 Å². The van der Waals surface area contributed by atoms with Crippen molar-refractivity contribution in [3.63, 3.8) is 0 Å². The first-order valence-electron chi connectivity index (χ1n) is 4.70. The Morgan fingerprint density at radius 1 is 1.64 bits per heavy atom. The molecule has 78 valence electrons. The van der Waals surface area contributed by atoms with Gasteiger partial charge in [-0.1, -0.05) is 5.57 Å². The molecule has 1 aromatic heterocycles. The molecule has 3 nitrogen and oxygen atoms in total. The quantitative estimate of drug-likeness (QED) is 0.904. The Kier molecular flexibility index (Phi) is 3.89. The second-order valence-electron chi connectivity index (χ2n) is 3.30. The number of nitrogens with zero attached hydrogens (tertiary/aromatic N) is 2. The molecular formula is C10H16BrN3. The largest absolute Gasteiger partial charge is 0.327 e. The highest BCUT2D eigenvalue weighted by Gasteiger charge is 2.09. The molecule has 0 aliphatic heterocycles. The fraction of sp³-hybridized carbons (Fsp3) is 0.500. The maximum atomic E-state index is 5.56. The van der Waals surface area contributed by atoms with Crippen molar-refractivity contribution in [3.8, 4) is 0 Å². The SMILES string of the molecule is CCn1nc(C)c(Br)c1/C=C(/C)CN. The fourth-order valence-corrected chi connectivity index (χ4v) is 1.65. The Morgan fingerprint density at radius 2 is 2.29 bits per heavy atom. The Hall–Kier alpha value is -0.610. The first-order valence-corrected chi connectivity index (χ1v) is 5.49. The number of aromatic nitrogens is 2. The number of rotatable bonds is 3. The van der Waals surface area contributed by atoms with E-state index in [1.165, 1.54) is 0 Å². The van der Waals surface area contributed by atoms with Crippen LogP contribution in [0.25, 0.3) is 6.08 Å². The van der Waals surface area contributed by atoms with E-state index in [9.17, 15) is 0 Å². The number of aryl methyl sites for hydroxylation is 2. The van der Waals surface area contributed by atoms with E-state index < -0.39 is 0 Å². The molecule has 0 fully saturated rings. The van der Waals surface area contributed by atoms with Gasteiger partial charge in [-0.05, 0) is 42.8 Å². The van der Waals surface area contributed by atoms with Crippen LogP contribution in [0.4, 0.5) is 0 Å². The summed E-state index contributed by atoms with van der Waals surface area (Å²) in [6.07, 6.45) is 2.08. The van der Waals surface area contributed by atoms with Gasteiger partial charge in [0.1, 0.15) is 0 Å². The highest BCUT2D eigenvalue weighted by atomic mass is 79.9. The van der Waals surface area contributed by atoms with Crippen molar-refractivity contribution >= 4 is 22.0 Å². The maximum absolute atomic E-state index is 5.56. The van der Waals surface area contributed by atoms with Crippen LogP contribution in [0.1, 0.15) is 25.2 Å². The zero-order valence-corrected chi connectivity index (χ0v) is 10.4. The van der Waals surface area contributed by atoms with Gasteiger partial charge in [-0.15, -0.1) is 0 Å². The van der Waals surface area contributed by atoms with Crippen LogP contribution >= 0.6 is 15.9 Å². The molecule has 0 bridgehead atoms. The van der Waals surface area contributed by atoms with Crippen LogP contribution in [-0.2, 0) is 6.54 Å². The molecule has 0 atom stereocenters. The van der Waals surface area contributed by atoms with Crippen molar-refractivity contribution in [2.45, 2.75) is 27.3 Å². The summed E-state index contributed by atoms with van der Waals surface area (Å²) in [6, 6.07) is 0. The number of hydrogen-bond donors (Lipinski definition) is 1. The lowest BCUT2D eigenvalue weighted by Gasteiger charge is -2.01. The summed E-state index contributed by atoms with van der Waals surface area (Å²) < 4.78 is 3.03. The molecule has 2 N–H and O–H groups in total. The van der Waals surface area contributed by atoms with Crippen molar-refractivity contribution in [3.05, 3.63) is 21.4 Å². The molecule has 0 aromatic carbocycles. The van der Waals surface area contributed by atoms with Crippen LogP contribution in [0.5, 0.6) is 0 Å². The minimum atomic E-state index is 0.584. The molecule has 1 rings (SSSR count). The molecule has 0 aliphatic carbocycles. The van der Waals surface area contributed by atoms with Crippen LogP contribution in [0.2, 0.25) is 0 Å². The van der Waals surface area contributed by atoms with Gasteiger partial charge in [-0.25, -0.2) is 0 Å². The lowest BCUT2D eigenvalue weighted by atomic mass is 10.2. The van der Waals surface area contributed by atoms with Gasteiger partial charge in [0.15, 0.2) is 0 Å². The zero-order valence-electron chi connectivity index (χ0n) is 8.84. The third-order valence-corrected chi connectivity index (χ3v) is 3.08. The smallest absolute Gasteiger partial charge is 0.0754 e. The highest BCUT2D eigenvalue weighted by Crippen LogP contribution is 2.23. The fourth-order valence-electron chi connectivity index (χ4n) is 1.25. The van der Waals surface area contributed by atoms with Gasteiger partial charge in [-0.3, -0.25) is 4.68 Å². The molecule has 0 spiro atoms. The molecule has 1 aromatic rings. The van der Waals surface area contributed by atoms with Crippen LogP contribution in [0.3, 0.4) is 0 Å². The molecule has 4 heteroatoms. The van der Waals surface area contributed by atoms with E-state index in [1.54, 1.807) is 0 Å². The summed E-state index contributed by atoms with van der Waals surface area (Å²) in [5.74, 6) is 0. The van der Waals surface area contributed by atoms with Gasteiger partial charge in [0, 0.05) is 13.1 Å². The molecule has 0 saturated heterocycles. The van der Waals surface area contributed by atoms with E-state index in [0.717, 1.165) is 28.0 Å². The predicted molar refractivity (Wildman–Crippen MR) is 63.0 cm³/mol. The molecule has 14 heavy (non-hydrogen) atoms. The lowest BCUT2D eigenvalue weighted by Crippen LogP contribution is -2.03. The number of hydrogen-bond acceptors (Lipinski definition) is 2. The average Bonchev–Trinajstić information content (AvgIpc) is 2.45. The molecule has 0 amide bonds. The average molecular weight is 258 g/mol. The molecular weight excluding hydrogens is 242 g/mol. The molecule has 0 aliphatic rings. The number of nitrogens with two attached hydrogens (primary N) is 1. The minimum absolute atomic E-state index is 0.584. The Bertz CT molecular complexity index is 352. The van der Waals surface area contributed by atoms with Crippen LogP contribution < -0.4 is 5.73 Å². The van der Waals surface area contributed by atoms with Crippen molar-refractivity contribution in [1.29, 1.82) is 0 Å². The summed E-state index contributed by atoms with van der Waals surface area (Å²) in [5.41, 5.74) is 8.83. The van der Waals surface area contributed by atoms with Crippen LogP contribution in [0.15, 0.2) is 10.0 Å². The monoisotopic (exact) mass is 257 g/mol. The Morgan fingerprint density at radius 3 is 2.79 bits per heavy atom. The van der Waals surface area contributed by atoms with Gasteiger partial charge < -0.3 is 5.73 Å². The van der Waals surface area contributed by atoms with E-state index in [1.807, 2.05) is 18.5 Å². The summed E-state index contributed by atoms with van der Waals surface area (Å²) in [7, 11) is 0. The van der Waals surface area contributed by atoms with E-state index in [2.05, 4.69) is 34.0 Å². The molecule has 1 heterocycles. The second-order valence-corrected chi connectivity index (χ2v) is 4.09. The first-order chi connectivity index (χ1) is 6.60. The lowest BCUT2D eigenvalue weighted by molar-refractivity contribution is 0.647. The third-order valence-electron chi connectivity index (χ3n) is 2.10. The van der Waals surface area contributed by atoms with Gasteiger partial charge in [0.2, 0.25) is 0 Å². The van der Waals surface area contributed by atoms with Crippen LogP contribution in [-0.4, -0.2) is 16.3 Å². The zero-order chi connectivity index (χ0) is 10.7. The molecule has 0 saturated carbocycles. The van der Waals surface area contributed by atoms with E-state index in [0.29, 0.717) is 6.54 Å². The van der Waals surface area contributed by atoms with Crippen molar-refractivity contribution in [2.24, 2.45) is 5.73 Å². The van der Waals surface area contributed by atoms with Gasteiger partial charge >= 0.3 is 0 Å². The second kappa shape index (κ2) is 4.75. The van der Waals surface area contributed by atoms with E-state index in [4.69, 9.17) is 5.73 Å². The van der Waals surface area contributed by atoms with Crippen molar-refractivity contribution in [2.75, 3.05) is 6.54 Å². The predicted octanol–water partition coefficient (Wildman–Crippen LogP) is 2.34. The first kappa shape index (κ1) is 11.5. The molecule has 0 radical (unpaired) electrons. The maximum Gasteiger partial charge on any atom is 0.0754 e. The van der Waals surface area contributed by atoms with Gasteiger partial charge in [0.25, 0.3) is 0 Å². The van der Waals surface area contributed by atoms with Crippen molar-refractivity contribution < 1.29 is 0 Å².